The second-order valence-electron chi connectivity index (χ2n) is 7.25. The number of nitrogens with one attached hydrogen (secondary N) is 2. The highest BCUT2D eigenvalue weighted by Gasteiger charge is 2.11. The maximum Gasteiger partial charge on any atom is 0.0693 e. The summed E-state index contributed by atoms with van der Waals surface area (Å²) in [5.41, 5.74) is 9.29. The van der Waals surface area contributed by atoms with Gasteiger partial charge in [0.15, 0.2) is 0 Å². The van der Waals surface area contributed by atoms with Crippen LogP contribution in [0.2, 0.25) is 0 Å². The molecule has 0 saturated heterocycles. The molecule has 2 aliphatic rings. The van der Waals surface area contributed by atoms with Gasteiger partial charge in [-0.3, -0.25) is 0 Å². The van der Waals surface area contributed by atoms with Crippen LogP contribution >= 0.6 is 0 Å². The lowest BCUT2D eigenvalue weighted by atomic mass is 10.0. The fourth-order valence-electron chi connectivity index (χ4n) is 3.64. The van der Waals surface area contributed by atoms with Gasteiger partial charge in [0.1, 0.15) is 0 Å². The van der Waals surface area contributed by atoms with Crippen molar-refractivity contribution in [3.05, 3.63) is 70.8 Å². The second-order valence-corrected chi connectivity index (χ2v) is 7.25. The van der Waals surface area contributed by atoms with Gasteiger partial charge >= 0.3 is 0 Å². The molecule has 0 aromatic carbocycles. The Morgan fingerprint density at radius 2 is 1.30 bits per heavy atom. The molecule has 0 saturated carbocycles. The summed E-state index contributed by atoms with van der Waals surface area (Å²) in [4.78, 5) is 16.5. The third-order valence-corrected chi connectivity index (χ3v) is 4.84. The smallest absolute Gasteiger partial charge is 0.0693 e. The average Bonchev–Trinajstić information content (AvgIpc) is 3.39. The Labute approximate surface area is 157 Å². The summed E-state index contributed by atoms with van der Waals surface area (Å²) in [5.74, 6) is 0.355. The van der Waals surface area contributed by atoms with Crippen LogP contribution in [0.4, 0.5) is 0 Å². The molecule has 0 amide bonds. The van der Waals surface area contributed by atoms with E-state index in [0.29, 0.717) is 5.92 Å². The Morgan fingerprint density at radius 3 is 2.11 bits per heavy atom. The minimum atomic E-state index is 0.355. The highest BCUT2D eigenvalue weighted by Crippen LogP contribution is 2.26. The monoisotopic (exact) mass is 352 g/mol. The summed E-state index contributed by atoms with van der Waals surface area (Å²) in [6, 6.07) is 14.6. The van der Waals surface area contributed by atoms with Crippen LogP contribution in [0.15, 0.2) is 42.5 Å². The van der Waals surface area contributed by atoms with E-state index in [4.69, 9.17) is 4.98 Å². The molecule has 3 aromatic rings. The van der Waals surface area contributed by atoms with Crippen LogP contribution in [0.5, 0.6) is 0 Å². The van der Waals surface area contributed by atoms with Crippen molar-refractivity contribution in [3.63, 3.8) is 0 Å². The van der Waals surface area contributed by atoms with E-state index in [2.05, 4.69) is 77.3 Å². The zero-order chi connectivity index (χ0) is 18.4. The summed E-state index contributed by atoms with van der Waals surface area (Å²) < 4.78 is 0. The number of H-pyrrole nitrogens is 2. The lowest BCUT2D eigenvalue weighted by molar-refractivity contribution is 0.864. The van der Waals surface area contributed by atoms with Gasteiger partial charge in [-0.25, -0.2) is 9.97 Å². The molecule has 0 unspecified atom stereocenters. The third-order valence-electron chi connectivity index (χ3n) is 4.84. The molecule has 0 fully saturated rings. The fourth-order valence-corrected chi connectivity index (χ4v) is 3.64. The molecule has 4 heteroatoms. The zero-order valence-corrected chi connectivity index (χ0v) is 15.3. The molecule has 27 heavy (non-hydrogen) atoms. The van der Waals surface area contributed by atoms with Gasteiger partial charge in [0.05, 0.1) is 22.8 Å². The average molecular weight is 352 g/mol. The van der Waals surface area contributed by atoms with Gasteiger partial charge in [0.25, 0.3) is 0 Å². The van der Waals surface area contributed by atoms with Gasteiger partial charge in [-0.05, 0) is 72.7 Å². The van der Waals surface area contributed by atoms with Crippen molar-refractivity contribution in [1.29, 1.82) is 0 Å². The number of hydrogen-bond acceptors (Lipinski definition) is 2. The number of rotatable bonds is 1. The number of aromatic amines is 2. The minimum absolute atomic E-state index is 0.355. The maximum atomic E-state index is 4.84. The quantitative estimate of drug-likeness (QED) is 0.402. The molecule has 5 heterocycles. The number of aromatic nitrogens is 4. The molecule has 2 aliphatic heterocycles. The molecule has 0 aliphatic carbocycles. The van der Waals surface area contributed by atoms with Crippen molar-refractivity contribution in [2.75, 3.05) is 0 Å². The Balaban J connectivity index is 1.89. The largest absolute Gasteiger partial charge is 0.355 e. The SMILES string of the molecule is CC(C)c1c2nc(cc3nc(cc4ccc(cc5ccc1[nH]5)[nH]4)C=C3)C=C2. The van der Waals surface area contributed by atoms with E-state index < -0.39 is 0 Å². The second kappa shape index (κ2) is 6.09. The highest BCUT2D eigenvalue weighted by atomic mass is 14.8. The van der Waals surface area contributed by atoms with Crippen LogP contribution in [0, 0.1) is 0 Å². The molecule has 2 N–H and O–H groups in total. The van der Waals surface area contributed by atoms with Crippen LogP contribution in [0.25, 0.3) is 46.4 Å². The van der Waals surface area contributed by atoms with Gasteiger partial charge in [-0.1, -0.05) is 13.8 Å². The topological polar surface area (TPSA) is 57.4 Å². The number of hydrogen-bond donors (Lipinski definition) is 2. The summed E-state index contributed by atoms with van der Waals surface area (Å²) in [7, 11) is 0. The highest BCUT2D eigenvalue weighted by molar-refractivity contribution is 5.79. The molecule has 0 radical (unpaired) electrons. The van der Waals surface area contributed by atoms with Crippen LogP contribution in [-0.4, -0.2) is 19.9 Å². The van der Waals surface area contributed by atoms with E-state index in [1.165, 1.54) is 5.56 Å². The molecular weight excluding hydrogens is 332 g/mol. The van der Waals surface area contributed by atoms with Crippen LogP contribution < -0.4 is 0 Å². The van der Waals surface area contributed by atoms with Crippen LogP contribution in [0.1, 0.15) is 48.1 Å². The molecule has 3 aromatic heterocycles. The Kier molecular flexibility index (Phi) is 3.57. The number of nitrogens with zero attached hydrogens (tertiary/aromatic N) is 2. The van der Waals surface area contributed by atoms with Crippen molar-refractivity contribution in [2.45, 2.75) is 19.8 Å². The Hall–Kier alpha value is -3.40. The Morgan fingerprint density at radius 1 is 0.667 bits per heavy atom. The summed E-state index contributed by atoms with van der Waals surface area (Å²) in [6.07, 6.45) is 8.20. The molecule has 5 rings (SSSR count). The summed E-state index contributed by atoms with van der Waals surface area (Å²) >= 11 is 0. The van der Waals surface area contributed by atoms with E-state index >= 15 is 0 Å². The van der Waals surface area contributed by atoms with Gasteiger partial charge < -0.3 is 9.97 Å². The standard InChI is InChI=1S/C23H20N4/c1-14(2)23-21-9-7-19(26-21)12-17-5-3-15(24-17)11-16-4-6-18(25-16)13-20-8-10-22(23)27-20/h3-14,24,26H,1-2H3. The minimum Gasteiger partial charge on any atom is -0.355 e. The summed E-state index contributed by atoms with van der Waals surface area (Å²) in [5, 5.41) is 0. The lowest BCUT2D eigenvalue weighted by Crippen LogP contribution is -1.92. The first-order chi connectivity index (χ1) is 13.1. The van der Waals surface area contributed by atoms with Gasteiger partial charge in [0, 0.05) is 27.6 Å². The maximum absolute atomic E-state index is 4.84. The van der Waals surface area contributed by atoms with Gasteiger partial charge in [-0.15, -0.1) is 0 Å². The predicted molar refractivity (Wildman–Crippen MR) is 113 cm³/mol. The fraction of sp³-hybridized carbons (Fsp3) is 0.130. The normalized spacial score (nSPS) is 12.9. The van der Waals surface area contributed by atoms with E-state index in [-0.39, 0.29) is 0 Å². The molecule has 132 valence electrons. The third kappa shape index (κ3) is 2.99. The van der Waals surface area contributed by atoms with Crippen molar-refractivity contribution in [1.82, 2.24) is 19.9 Å². The first-order valence-electron chi connectivity index (χ1n) is 9.21. The van der Waals surface area contributed by atoms with E-state index in [9.17, 15) is 0 Å². The van der Waals surface area contributed by atoms with E-state index in [1.807, 2.05) is 18.2 Å². The van der Waals surface area contributed by atoms with Crippen LogP contribution in [0.3, 0.4) is 0 Å². The van der Waals surface area contributed by atoms with Gasteiger partial charge in [0.2, 0.25) is 0 Å². The molecular formula is C23H20N4. The predicted octanol–water partition coefficient (Wildman–Crippen LogP) is 5.78. The van der Waals surface area contributed by atoms with Gasteiger partial charge in [-0.2, -0.15) is 0 Å². The van der Waals surface area contributed by atoms with Crippen molar-refractivity contribution in [2.24, 2.45) is 0 Å². The van der Waals surface area contributed by atoms with Crippen molar-refractivity contribution in [3.8, 4) is 0 Å². The van der Waals surface area contributed by atoms with Crippen LogP contribution in [-0.2, 0) is 0 Å². The molecule has 0 atom stereocenters. The van der Waals surface area contributed by atoms with Crippen molar-refractivity contribution < 1.29 is 0 Å². The summed E-state index contributed by atoms with van der Waals surface area (Å²) in [6.45, 7) is 4.40. The first kappa shape index (κ1) is 15.8. The van der Waals surface area contributed by atoms with Crippen molar-refractivity contribution >= 4 is 46.4 Å². The lowest BCUT2D eigenvalue weighted by Gasteiger charge is -2.06. The molecule has 0 spiro atoms. The number of fused-ring (bicyclic) bond motifs is 8. The first-order valence-corrected chi connectivity index (χ1v) is 9.21. The Bertz CT molecular complexity index is 1250. The molecule has 8 bridgehead atoms. The van der Waals surface area contributed by atoms with E-state index in [1.54, 1.807) is 0 Å². The molecule has 4 nitrogen and oxygen atoms in total. The van der Waals surface area contributed by atoms with E-state index in [0.717, 1.165) is 44.8 Å². The zero-order valence-electron chi connectivity index (χ0n) is 15.3.